The minimum Gasteiger partial charge on any atom is -0.385 e. The summed E-state index contributed by atoms with van der Waals surface area (Å²) in [4.78, 5) is 16.5. The van der Waals surface area contributed by atoms with Crippen molar-refractivity contribution < 1.29 is 4.79 Å². The third-order valence-electron chi connectivity index (χ3n) is 3.44. The van der Waals surface area contributed by atoms with Crippen LogP contribution in [0.15, 0.2) is 42.7 Å². The summed E-state index contributed by atoms with van der Waals surface area (Å²) in [6, 6.07) is 9.84. The van der Waals surface area contributed by atoms with E-state index in [4.69, 9.17) is 0 Å². The van der Waals surface area contributed by atoms with Crippen LogP contribution in [0.25, 0.3) is 0 Å². The van der Waals surface area contributed by atoms with E-state index in [1.807, 2.05) is 51.1 Å². The van der Waals surface area contributed by atoms with Crippen molar-refractivity contribution in [3.05, 3.63) is 59.4 Å². The number of rotatable bonds is 5. The first kappa shape index (κ1) is 15.0. The molecule has 1 heterocycles. The number of nitrogens with one attached hydrogen (secondary N) is 2. The maximum atomic E-state index is 12.4. The summed E-state index contributed by atoms with van der Waals surface area (Å²) in [5.41, 5.74) is 3.67. The smallest absolute Gasteiger partial charge is 0.255 e. The van der Waals surface area contributed by atoms with Gasteiger partial charge in [0.1, 0.15) is 0 Å². The molecule has 2 aromatic rings. The van der Waals surface area contributed by atoms with Crippen molar-refractivity contribution in [1.82, 2.24) is 10.3 Å². The van der Waals surface area contributed by atoms with E-state index >= 15 is 0 Å². The Morgan fingerprint density at radius 1 is 1.29 bits per heavy atom. The Kier molecular flexibility index (Phi) is 4.93. The molecule has 1 unspecified atom stereocenters. The molecule has 4 heteroatoms. The first-order valence-electron chi connectivity index (χ1n) is 7.17. The van der Waals surface area contributed by atoms with Crippen molar-refractivity contribution in [1.29, 1.82) is 0 Å². The summed E-state index contributed by atoms with van der Waals surface area (Å²) in [6.45, 7) is 6.80. The molecule has 4 nitrogen and oxygen atoms in total. The Balaban J connectivity index is 2.17. The first-order chi connectivity index (χ1) is 10.1. The predicted molar refractivity (Wildman–Crippen MR) is 85.5 cm³/mol. The largest absolute Gasteiger partial charge is 0.385 e. The number of amides is 1. The highest BCUT2D eigenvalue weighted by Gasteiger charge is 2.15. The molecule has 0 saturated carbocycles. The summed E-state index contributed by atoms with van der Waals surface area (Å²) in [5, 5.41) is 6.21. The van der Waals surface area contributed by atoms with Crippen molar-refractivity contribution in [3.8, 4) is 0 Å². The minimum atomic E-state index is -0.116. The third kappa shape index (κ3) is 3.60. The lowest BCUT2D eigenvalue weighted by atomic mass is 10.0. The molecular formula is C17H21N3O. The van der Waals surface area contributed by atoms with E-state index in [9.17, 15) is 4.79 Å². The highest BCUT2D eigenvalue weighted by molar-refractivity contribution is 5.99. The highest BCUT2D eigenvalue weighted by atomic mass is 16.1. The lowest BCUT2D eigenvalue weighted by molar-refractivity contribution is 0.0940. The number of carbonyl (C=O) groups is 1. The highest BCUT2D eigenvalue weighted by Crippen LogP contribution is 2.19. The normalized spacial score (nSPS) is 11.8. The number of carbonyl (C=O) groups excluding carboxylic acids is 1. The maximum Gasteiger partial charge on any atom is 0.255 e. The van der Waals surface area contributed by atoms with Crippen molar-refractivity contribution in [2.75, 3.05) is 11.9 Å². The van der Waals surface area contributed by atoms with Gasteiger partial charge in [-0.1, -0.05) is 24.3 Å². The summed E-state index contributed by atoms with van der Waals surface area (Å²) in [6.07, 6.45) is 3.28. The zero-order valence-corrected chi connectivity index (χ0v) is 12.7. The second-order valence-electron chi connectivity index (χ2n) is 5.00. The van der Waals surface area contributed by atoms with E-state index in [0.717, 1.165) is 17.8 Å². The van der Waals surface area contributed by atoms with Crippen molar-refractivity contribution in [2.24, 2.45) is 0 Å². The second-order valence-corrected chi connectivity index (χ2v) is 5.00. The summed E-state index contributed by atoms with van der Waals surface area (Å²) >= 11 is 0. The maximum absolute atomic E-state index is 12.4. The molecule has 0 radical (unpaired) electrons. The van der Waals surface area contributed by atoms with Gasteiger partial charge in [0.05, 0.1) is 17.3 Å². The predicted octanol–water partition coefficient (Wildman–Crippen LogP) is 3.31. The van der Waals surface area contributed by atoms with Crippen LogP contribution in [0.5, 0.6) is 0 Å². The number of anilines is 1. The van der Waals surface area contributed by atoms with E-state index in [1.165, 1.54) is 5.56 Å². The van der Waals surface area contributed by atoms with Gasteiger partial charge in [-0.25, -0.2) is 0 Å². The molecule has 1 amide bonds. The fraction of sp³-hybridized carbons (Fsp3) is 0.294. The fourth-order valence-corrected chi connectivity index (χ4v) is 2.34. The van der Waals surface area contributed by atoms with Crippen LogP contribution >= 0.6 is 0 Å². The van der Waals surface area contributed by atoms with Crippen LogP contribution in [0, 0.1) is 6.92 Å². The quantitative estimate of drug-likeness (QED) is 0.885. The minimum absolute atomic E-state index is 0.0478. The molecule has 0 saturated heterocycles. The number of benzene rings is 1. The lowest BCUT2D eigenvalue weighted by Crippen LogP contribution is -2.28. The number of hydrogen-bond donors (Lipinski definition) is 2. The number of hydrogen-bond acceptors (Lipinski definition) is 3. The molecule has 0 bridgehead atoms. The van der Waals surface area contributed by atoms with Crippen LogP contribution in [-0.2, 0) is 0 Å². The van der Waals surface area contributed by atoms with Crippen molar-refractivity contribution in [3.63, 3.8) is 0 Å². The number of pyridine rings is 1. The van der Waals surface area contributed by atoms with Gasteiger partial charge in [0.25, 0.3) is 5.91 Å². The van der Waals surface area contributed by atoms with E-state index in [1.54, 1.807) is 12.4 Å². The summed E-state index contributed by atoms with van der Waals surface area (Å²) in [5.74, 6) is -0.116. The van der Waals surface area contributed by atoms with Gasteiger partial charge in [0, 0.05) is 18.9 Å². The molecule has 2 N–H and O–H groups in total. The molecule has 0 aliphatic heterocycles. The van der Waals surface area contributed by atoms with Gasteiger partial charge in [0.2, 0.25) is 0 Å². The number of aromatic nitrogens is 1. The first-order valence-corrected chi connectivity index (χ1v) is 7.17. The van der Waals surface area contributed by atoms with E-state index < -0.39 is 0 Å². The van der Waals surface area contributed by atoms with Crippen molar-refractivity contribution >= 4 is 11.6 Å². The molecule has 21 heavy (non-hydrogen) atoms. The monoisotopic (exact) mass is 283 g/mol. The standard InChI is InChI=1S/C17H21N3O/c1-4-19-16-9-10-18-11-15(16)17(21)20-13(3)14-8-6-5-7-12(14)2/h5-11,13H,4H2,1-3H3,(H,18,19)(H,20,21). The number of nitrogens with zero attached hydrogens (tertiary/aromatic N) is 1. The van der Waals surface area contributed by atoms with Gasteiger partial charge < -0.3 is 10.6 Å². The molecule has 110 valence electrons. The molecule has 0 aliphatic rings. The van der Waals surface area contributed by atoms with Crippen LogP contribution in [0.2, 0.25) is 0 Å². The Morgan fingerprint density at radius 2 is 2.05 bits per heavy atom. The summed E-state index contributed by atoms with van der Waals surface area (Å²) < 4.78 is 0. The van der Waals surface area contributed by atoms with Gasteiger partial charge in [-0.05, 0) is 38.0 Å². The fourth-order valence-electron chi connectivity index (χ4n) is 2.34. The van der Waals surface area contributed by atoms with Gasteiger partial charge in [-0.2, -0.15) is 0 Å². The van der Waals surface area contributed by atoms with E-state index in [0.29, 0.717) is 5.56 Å². The van der Waals surface area contributed by atoms with Crippen LogP contribution in [-0.4, -0.2) is 17.4 Å². The Bertz CT molecular complexity index is 625. The zero-order valence-electron chi connectivity index (χ0n) is 12.7. The van der Waals surface area contributed by atoms with Gasteiger partial charge in [-0.15, -0.1) is 0 Å². The molecule has 1 aromatic heterocycles. The molecule has 0 aliphatic carbocycles. The topological polar surface area (TPSA) is 54.0 Å². The third-order valence-corrected chi connectivity index (χ3v) is 3.44. The lowest BCUT2D eigenvalue weighted by Gasteiger charge is -2.17. The Labute approximate surface area is 125 Å². The van der Waals surface area contributed by atoms with Gasteiger partial charge in [0.15, 0.2) is 0 Å². The molecule has 1 aromatic carbocycles. The molecule has 0 fully saturated rings. The van der Waals surface area contributed by atoms with Crippen LogP contribution in [0.1, 0.15) is 41.4 Å². The second kappa shape index (κ2) is 6.88. The van der Waals surface area contributed by atoms with Gasteiger partial charge >= 0.3 is 0 Å². The average molecular weight is 283 g/mol. The van der Waals surface area contributed by atoms with E-state index in [2.05, 4.69) is 15.6 Å². The molecular weight excluding hydrogens is 262 g/mol. The van der Waals surface area contributed by atoms with E-state index in [-0.39, 0.29) is 11.9 Å². The SMILES string of the molecule is CCNc1ccncc1C(=O)NC(C)c1ccccc1C. The average Bonchev–Trinajstić information content (AvgIpc) is 2.48. The van der Waals surface area contributed by atoms with Crippen LogP contribution in [0.4, 0.5) is 5.69 Å². The Morgan fingerprint density at radius 3 is 2.76 bits per heavy atom. The van der Waals surface area contributed by atoms with Crippen molar-refractivity contribution in [2.45, 2.75) is 26.8 Å². The summed E-state index contributed by atoms with van der Waals surface area (Å²) in [7, 11) is 0. The zero-order chi connectivity index (χ0) is 15.2. The van der Waals surface area contributed by atoms with Crippen LogP contribution < -0.4 is 10.6 Å². The van der Waals surface area contributed by atoms with Gasteiger partial charge in [-0.3, -0.25) is 9.78 Å². The van der Waals surface area contributed by atoms with Crippen LogP contribution in [0.3, 0.4) is 0 Å². The molecule has 1 atom stereocenters. The number of aryl methyl sites for hydroxylation is 1. The Hall–Kier alpha value is -2.36. The molecule has 2 rings (SSSR count). The molecule has 0 spiro atoms.